The fraction of sp³-hybridized carbons (Fsp3) is 0.222. The highest BCUT2D eigenvalue weighted by atomic mass is 19.1. The van der Waals surface area contributed by atoms with E-state index < -0.39 is 35.3 Å². The predicted octanol–water partition coefficient (Wildman–Crippen LogP) is 2.69. The third kappa shape index (κ3) is 5.66. The van der Waals surface area contributed by atoms with Crippen molar-refractivity contribution in [1.82, 2.24) is 0 Å². The third-order valence-electron chi connectivity index (χ3n) is 3.48. The van der Waals surface area contributed by atoms with E-state index in [9.17, 15) is 24.1 Å². The molecule has 0 radical (unpaired) electrons. The van der Waals surface area contributed by atoms with Gasteiger partial charge in [-0.25, -0.2) is 9.18 Å². The summed E-state index contributed by atoms with van der Waals surface area (Å²) in [5.74, 6) is -1.80. The average Bonchev–Trinajstić information content (AvgIpc) is 2.66. The van der Waals surface area contributed by atoms with Crippen molar-refractivity contribution in [3.8, 4) is 11.5 Å². The molecule has 1 atom stereocenters. The van der Waals surface area contributed by atoms with Gasteiger partial charge < -0.3 is 19.5 Å². The zero-order chi connectivity index (χ0) is 20.7. The molecule has 0 heterocycles. The number of amides is 1. The second-order valence-corrected chi connectivity index (χ2v) is 5.51. The Hall–Kier alpha value is -3.69. The lowest BCUT2D eigenvalue weighted by Crippen LogP contribution is -2.31. The van der Waals surface area contributed by atoms with Gasteiger partial charge in [-0.2, -0.15) is 0 Å². The van der Waals surface area contributed by atoms with Crippen LogP contribution in [0.1, 0.15) is 6.92 Å². The van der Waals surface area contributed by atoms with E-state index in [1.807, 2.05) is 0 Å². The van der Waals surface area contributed by atoms with Gasteiger partial charge in [-0.1, -0.05) is 6.07 Å². The Morgan fingerprint density at radius 1 is 1.25 bits per heavy atom. The summed E-state index contributed by atoms with van der Waals surface area (Å²) < 4.78 is 28.1. The van der Waals surface area contributed by atoms with Crippen molar-refractivity contribution in [2.45, 2.75) is 13.0 Å². The van der Waals surface area contributed by atoms with Crippen LogP contribution >= 0.6 is 0 Å². The summed E-state index contributed by atoms with van der Waals surface area (Å²) in [5.41, 5.74) is -0.0270. The summed E-state index contributed by atoms with van der Waals surface area (Å²) in [6.07, 6.45) is -1.18. The van der Waals surface area contributed by atoms with Crippen molar-refractivity contribution in [3.05, 3.63) is 58.4 Å². The van der Waals surface area contributed by atoms with E-state index in [4.69, 9.17) is 14.2 Å². The molecular weight excluding hydrogens is 375 g/mol. The number of carbonyl (C=O) groups excluding carboxylic acids is 2. The van der Waals surface area contributed by atoms with Crippen molar-refractivity contribution in [2.75, 3.05) is 19.0 Å². The van der Waals surface area contributed by atoms with Crippen molar-refractivity contribution in [3.63, 3.8) is 0 Å². The molecule has 1 amide bonds. The zero-order valence-corrected chi connectivity index (χ0v) is 15.0. The molecule has 0 aromatic heterocycles. The van der Waals surface area contributed by atoms with Gasteiger partial charge in [-0.05, 0) is 25.1 Å². The maximum Gasteiger partial charge on any atom is 0.344 e. The first-order valence-electron chi connectivity index (χ1n) is 8.01. The van der Waals surface area contributed by atoms with Gasteiger partial charge in [0.1, 0.15) is 17.3 Å². The molecule has 2 aromatic rings. The number of rotatable bonds is 8. The van der Waals surface area contributed by atoms with E-state index >= 15 is 0 Å². The van der Waals surface area contributed by atoms with Gasteiger partial charge in [0.2, 0.25) is 0 Å². The van der Waals surface area contributed by atoms with Gasteiger partial charge >= 0.3 is 5.97 Å². The Balaban J connectivity index is 1.91. The first kappa shape index (κ1) is 20.6. The molecule has 0 spiro atoms. The van der Waals surface area contributed by atoms with Gasteiger partial charge in [0.15, 0.2) is 12.7 Å². The highest BCUT2D eigenvalue weighted by molar-refractivity contribution is 5.96. The zero-order valence-electron chi connectivity index (χ0n) is 15.0. The number of carbonyl (C=O) groups is 2. The quantitative estimate of drug-likeness (QED) is 0.417. The largest absolute Gasteiger partial charge is 0.494 e. The Bertz CT molecular complexity index is 888. The van der Waals surface area contributed by atoms with Gasteiger partial charge in [0.05, 0.1) is 23.8 Å². The average molecular weight is 392 g/mol. The molecule has 0 aliphatic carbocycles. The van der Waals surface area contributed by atoms with E-state index in [0.717, 1.165) is 12.1 Å². The summed E-state index contributed by atoms with van der Waals surface area (Å²) in [5, 5.41) is 13.2. The topological polar surface area (TPSA) is 117 Å². The summed E-state index contributed by atoms with van der Waals surface area (Å²) in [4.78, 5) is 34.2. The maximum atomic E-state index is 13.0. The molecule has 148 valence electrons. The molecule has 2 aromatic carbocycles. The minimum atomic E-state index is -1.18. The SMILES string of the molecule is COc1cc([N+](=O)[O-])ccc1NC(=O)[C@H](C)OC(=O)COc1cccc(F)c1. The van der Waals surface area contributed by atoms with Crippen LogP contribution in [0.2, 0.25) is 0 Å². The van der Waals surface area contributed by atoms with Crippen LogP contribution in [0.25, 0.3) is 0 Å². The first-order chi connectivity index (χ1) is 13.3. The van der Waals surface area contributed by atoms with Gasteiger partial charge in [0, 0.05) is 12.1 Å². The van der Waals surface area contributed by atoms with Crippen LogP contribution in [0.3, 0.4) is 0 Å². The number of hydrogen-bond acceptors (Lipinski definition) is 7. The number of nitro benzene ring substituents is 1. The van der Waals surface area contributed by atoms with E-state index in [-0.39, 0.29) is 22.9 Å². The third-order valence-corrected chi connectivity index (χ3v) is 3.48. The second-order valence-electron chi connectivity index (χ2n) is 5.51. The lowest BCUT2D eigenvalue weighted by Gasteiger charge is -2.15. The lowest BCUT2D eigenvalue weighted by atomic mass is 10.2. The number of anilines is 1. The second kappa shape index (κ2) is 9.31. The number of halogens is 1. The van der Waals surface area contributed by atoms with Crippen LogP contribution in [0, 0.1) is 15.9 Å². The summed E-state index contributed by atoms with van der Waals surface area (Å²) >= 11 is 0. The van der Waals surface area contributed by atoms with Crippen LogP contribution in [-0.4, -0.2) is 36.6 Å². The molecule has 2 rings (SSSR count). The van der Waals surface area contributed by atoms with Crippen LogP contribution in [0.15, 0.2) is 42.5 Å². The van der Waals surface area contributed by atoms with E-state index in [0.29, 0.717) is 0 Å². The highest BCUT2D eigenvalue weighted by Crippen LogP contribution is 2.29. The minimum absolute atomic E-state index is 0.0792. The highest BCUT2D eigenvalue weighted by Gasteiger charge is 2.20. The normalized spacial score (nSPS) is 11.2. The van der Waals surface area contributed by atoms with Gasteiger partial charge in [0.25, 0.3) is 11.6 Å². The number of esters is 1. The molecular formula is C18H17FN2O7. The van der Waals surface area contributed by atoms with Gasteiger partial charge in [-0.3, -0.25) is 14.9 Å². The maximum absolute atomic E-state index is 13.0. The molecule has 1 N–H and O–H groups in total. The number of nitrogens with one attached hydrogen (secondary N) is 1. The molecule has 0 bridgehead atoms. The summed E-state index contributed by atoms with van der Waals surface area (Å²) in [6, 6.07) is 8.86. The monoisotopic (exact) mass is 392 g/mol. The molecule has 0 saturated heterocycles. The summed E-state index contributed by atoms with van der Waals surface area (Å²) in [7, 11) is 1.29. The van der Waals surface area contributed by atoms with Crippen LogP contribution in [0.5, 0.6) is 11.5 Å². The van der Waals surface area contributed by atoms with Crippen LogP contribution in [-0.2, 0) is 14.3 Å². The fourth-order valence-electron chi connectivity index (χ4n) is 2.11. The minimum Gasteiger partial charge on any atom is -0.494 e. The Morgan fingerprint density at radius 3 is 2.64 bits per heavy atom. The van der Waals surface area contributed by atoms with E-state index in [1.54, 1.807) is 0 Å². The van der Waals surface area contributed by atoms with Crippen molar-refractivity contribution in [1.29, 1.82) is 0 Å². The van der Waals surface area contributed by atoms with E-state index in [1.165, 1.54) is 44.4 Å². The Kier molecular flexibility index (Phi) is 6.85. The van der Waals surface area contributed by atoms with Crippen molar-refractivity contribution < 1.29 is 33.1 Å². The number of benzene rings is 2. The Labute approximate surface area is 159 Å². The molecule has 0 aliphatic heterocycles. The van der Waals surface area contributed by atoms with Gasteiger partial charge in [-0.15, -0.1) is 0 Å². The molecule has 0 saturated carbocycles. The smallest absolute Gasteiger partial charge is 0.344 e. The number of non-ortho nitro benzene ring substituents is 1. The molecule has 0 aliphatic rings. The molecule has 10 heteroatoms. The predicted molar refractivity (Wildman–Crippen MR) is 95.7 cm³/mol. The molecule has 28 heavy (non-hydrogen) atoms. The number of hydrogen-bond donors (Lipinski definition) is 1. The number of methoxy groups -OCH3 is 1. The molecule has 9 nitrogen and oxygen atoms in total. The van der Waals surface area contributed by atoms with Crippen LogP contribution < -0.4 is 14.8 Å². The molecule has 0 unspecified atom stereocenters. The first-order valence-corrected chi connectivity index (χ1v) is 8.01. The van der Waals surface area contributed by atoms with Crippen molar-refractivity contribution in [2.24, 2.45) is 0 Å². The number of ether oxygens (including phenoxy) is 3. The number of nitrogens with zero attached hydrogens (tertiary/aromatic N) is 1. The van der Waals surface area contributed by atoms with Crippen molar-refractivity contribution >= 4 is 23.3 Å². The van der Waals surface area contributed by atoms with Crippen LogP contribution in [0.4, 0.5) is 15.8 Å². The Morgan fingerprint density at radius 2 is 2.00 bits per heavy atom. The number of nitro groups is 1. The van der Waals surface area contributed by atoms with E-state index in [2.05, 4.69) is 5.32 Å². The fourth-order valence-corrected chi connectivity index (χ4v) is 2.11. The molecule has 0 fully saturated rings. The summed E-state index contributed by atoms with van der Waals surface area (Å²) in [6.45, 7) is 0.829. The standard InChI is InChI=1S/C18H17FN2O7/c1-11(28-17(22)10-27-14-5-3-4-12(19)8-14)18(23)20-15-7-6-13(21(24)25)9-16(15)26-2/h3-9,11H,10H2,1-2H3,(H,20,23)/t11-/m0/s1. The lowest BCUT2D eigenvalue weighted by molar-refractivity contribution is -0.384.